The molecule has 0 atom stereocenters. The minimum atomic E-state index is -1.07. The molecule has 7 nitrogen and oxygen atoms in total. The van der Waals surface area contributed by atoms with Crippen molar-refractivity contribution in [3.63, 3.8) is 0 Å². The predicted molar refractivity (Wildman–Crippen MR) is 96.2 cm³/mol. The van der Waals surface area contributed by atoms with Crippen molar-refractivity contribution < 1.29 is 24.7 Å². The molecule has 3 rings (SSSR count). The van der Waals surface area contributed by atoms with Gasteiger partial charge >= 0.3 is 5.69 Å². The van der Waals surface area contributed by atoms with E-state index in [9.17, 15) is 29.9 Å². The number of phenols is 2. The number of nitro groups is 1. The van der Waals surface area contributed by atoms with Gasteiger partial charge < -0.3 is 10.2 Å². The first-order valence-electron chi connectivity index (χ1n) is 7.84. The van der Waals surface area contributed by atoms with Gasteiger partial charge in [0.25, 0.3) is 0 Å². The van der Waals surface area contributed by atoms with E-state index in [0.29, 0.717) is 0 Å². The molecule has 0 bridgehead atoms. The van der Waals surface area contributed by atoms with E-state index in [1.807, 2.05) is 0 Å². The van der Waals surface area contributed by atoms with Crippen LogP contribution in [0.5, 0.6) is 11.5 Å². The molecular weight excluding hydrogens is 350 g/mol. The fourth-order valence-electron chi connectivity index (χ4n) is 2.71. The first-order chi connectivity index (χ1) is 12.9. The number of hydrogen-bond donors (Lipinski definition) is 2. The Labute approximate surface area is 153 Å². The molecule has 3 aromatic rings. The molecule has 0 aliphatic carbocycles. The fraction of sp³-hybridized carbons (Fsp3) is 0. The minimum Gasteiger partial charge on any atom is -0.504 e. The lowest BCUT2D eigenvalue weighted by molar-refractivity contribution is -0.386. The molecule has 0 fully saturated rings. The van der Waals surface area contributed by atoms with E-state index in [0.717, 1.165) is 6.07 Å². The highest BCUT2D eigenvalue weighted by Gasteiger charge is 2.34. The summed E-state index contributed by atoms with van der Waals surface area (Å²) in [6.07, 6.45) is 0. The first-order valence-corrected chi connectivity index (χ1v) is 7.84. The van der Waals surface area contributed by atoms with E-state index in [4.69, 9.17) is 0 Å². The fourth-order valence-corrected chi connectivity index (χ4v) is 2.71. The number of nitrogens with zero attached hydrogens (tertiary/aromatic N) is 1. The molecule has 27 heavy (non-hydrogen) atoms. The maximum absolute atomic E-state index is 12.9. The second-order valence-electron chi connectivity index (χ2n) is 5.66. The summed E-state index contributed by atoms with van der Waals surface area (Å²) in [7, 11) is 0. The van der Waals surface area contributed by atoms with Gasteiger partial charge in [-0.3, -0.25) is 19.7 Å². The predicted octanol–water partition coefficient (Wildman–Crippen LogP) is 3.47. The zero-order valence-electron chi connectivity index (χ0n) is 13.8. The highest BCUT2D eigenvalue weighted by atomic mass is 16.6. The molecule has 0 aromatic heterocycles. The first kappa shape index (κ1) is 17.8. The Morgan fingerprint density at radius 1 is 0.815 bits per heavy atom. The molecule has 0 unspecified atom stereocenters. The Morgan fingerprint density at radius 2 is 1.30 bits per heavy atom. The van der Waals surface area contributed by atoms with Crippen molar-refractivity contribution in [2.24, 2.45) is 0 Å². The number of carbonyl (C=O) groups is 2. The van der Waals surface area contributed by atoms with Crippen LogP contribution < -0.4 is 0 Å². The standard InChI is InChI=1S/C20H13NO6/c22-15-11-14(18(23)12-7-3-1-4-8-12)16(17(20(15)25)21(26)27)19(24)13-9-5-2-6-10-13/h1-11,22,25H. The van der Waals surface area contributed by atoms with Gasteiger partial charge in [-0.2, -0.15) is 0 Å². The van der Waals surface area contributed by atoms with Crippen LogP contribution in [0.2, 0.25) is 0 Å². The molecule has 7 heteroatoms. The van der Waals surface area contributed by atoms with Gasteiger partial charge in [0.2, 0.25) is 11.5 Å². The summed E-state index contributed by atoms with van der Waals surface area (Å²) < 4.78 is 0. The lowest BCUT2D eigenvalue weighted by atomic mass is 9.91. The average Bonchev–Trinajstić information content (AvgIpc) is 2.69. The number of ketones is 2. The van der Waals surface area contributed by atoms with E-state index in [2.05, 4.69) is 0 Å². The third-order valence-corrected chi connectivity index (χ3v) is 3.98. The summed E-state index contributed by atoms with van der Waals surface area (Å²) in [6, 6.07) is 16.4. The van der Waals surface area contributed by atoms with Gasteiger partial charge in [0.05, 0.1) is 4.92 Å². The van der Waals surface area contributed by atoms with E-state index in [1.165, 1.54) is 24.3 Å². The van der Waals surface area contributed by atoms with Crippen LogP contribution in [0.4, 0.5) is 5.69 Å². The lowest BCUT2D eigenvalue weighted by Gasteiger charge is -2.11. The van der Waals surface area contributed by atoms with Crippen molar-refractivity contribution in [1.82, 2.24) is 0 Å². The number of nitro benzene ring substituents is 1. The number of rotatable bonds is 5. The molecular formula is C20H13NO6. The molecule has 0 saturated heterocycles. The van der Waals surface area contributed by atoms with Gasteiger partial charge in [-0.15, -0.1) is 0 Å². The van der Waals surface area contributed by atoms with Crippen molar-refractivity contribution in [3.05, 3.63) is 99.1 Å². The summed E-state index contributed by atoms with van der Waals surface area (Å²) in [4.78, 5) is 36.3. The van der Waals surface area contributed by atoms with Gasteiger partial charge in [0.1, 0.15) is 5.56 Å². The topological polar surface area (TPSA) is 118 Å². The Kier molecular flexibility index (Phi) is 4.68. The maximum atomic E-state index is 12.9. The average molecular weight is 363 g/mol. The number of hydrogen-bond acceptors (Lipinski definition) is 6. The Morgan fingerprint density at radius 3 is 1.78 bits per heavy atom. The summed E-state index contributed by atoms with van der Waals surface area (Å²) in [5.74, 6) is -3.42. The van der Waals surface area contributed by atoms with Crippen LogP contribution >= 0.6 is 0 Å². The summed E-state index contributed by atoms with van der Waals surface area (Å²) in [5.41, 5.74) is -1.66. The summed E-state index contributed by atoms with van der Waals surface area (Å²) in [5, 5.41) is 31.4. The molecule has 0 spiro atoms. The summed E-state index contributed by atoms with van der Waals surface area (Å²) in [6.45, 7) is 0. The summed E-state index contributed by atoms with van der Waals surface area (Å²) >= 11 is 0. The van der Waals surface area contributed by atoms with Gasteiger partial charge in [0.15, 0.2) is 11.5 Å². The lowest BCUT2D eigenvalue weighted by Crippen LogP contribution is -2.14. The normalized spacial score (nSPS) is 10.4. The molecule has 0 aliphatic rings. The molecule has 3 aromatic carbocycles. The van der Waals surface area contributed by atoms with Crippen molar-refractivity contribution in [3.8, 4) is 11.5 Å². The molecule has 134 valence electrons. The third kappa shape index (κ3) is 3.25. The van der Waals surface area contributed by atoms with Crippen LogP contribution in [0, 0.1) is 10.1 Å². The second kappa shape index (κ2) is 7.09. The zero-order valence-corrected chi connectivity index (χ0v) is 13.8. The zero-order chi connectivity index (χ0) is 19.6. The molecule has 0 heterocycles. The Balaban J connectivity index is 2.32. The number of benzene rings is 3. The molecule has 0 radical (unpaired) electrons. The van der Waals surface area contributed by atoms with E-state index < -0.39 is 39.2 Å². The SMILES string of the molecule is O=C(c1ccccc1)c1cc(O)c(O)c([N+](=O)[O-])c1C(=O)c1ccccc1. The van der Waals surface area contributed by atoms with Gasteiger partial charge in [-0.25, -0.2) is 0 Å². The Bertz CT molecular complexity index is 1050. The molecule has 2 N–H and O–H groups in total. The van der Waals surface area contributed by atoms with Crippen LogP contribution in [0.15, 0.2) is 66.7 Å². The third-order valence-electron chi connectivity index (χ3n) is 3.98. The van der Waals surface area contributed by atoms with Crippen molar-refractivity contribution in [2.45, 2.75) is 0 Å². The minimum absolute atomic E-state index is 0.104. The highest BCUT2D eigenvalue weighted by Crippen LogP contribution is 2.41. The quantitative estimate of drug-likeness (QED) is 0.310. The molecule has 0 amide bonds. The van der Waals surface area contributed by atoms with Crippen molar-refractivity contribution in [2.75, 3.05) is 0 Å². The van der Waals surface area contributed by atoms with Crippen molar-refractivity contribution >= 4 is 17.3 Å². The van der Waals surface area contributed by atoms with Crippen LogP contribution in [0.1, 0.15) is 31.8 Å². The van der Waals surface area contributed by atoms with Crippen LogP contribution in [0.25, 0.3) is 0 Å². The van der Waals surface area contributed by atoms with Crippen LogP contribution in [-0.4, -0.2) is 26.7 Å². The Hall–Kier alpha value is -4.00. The largest absolute Gasteiger partial charge is 0.504 e. The number of phenolic OH excluding ortho intramolecular Hbond substituents is 2. The maximum Gasteiger partial charge on any atom is 0.326 e. The molecule has 0 aliphatic heterocycles. The van der Waals surface area contributed by atoms with E-state index in [1.54, 1.807) is 36.4 Å². The van der Waals surface area contributed by atoms with Crippen molar-refractivity contribution in [1.29, 1.82) is 0 Å². The van der Waals surface area contributed by atoms with E-state index in [-0.39, 0.29) is 16.7 Å². The van der Waals surface area contributed by atoms with Crippen LogP contribution in [0.3, 0.4) is 0 Å². The smallest absolute Gasteiger partial charge is 0.326 e. The molecule has 0 saturated carbocycles. The van der Waals surface area contributed by atoms with Gasteiger partial charge in [-0.05, 0) is 6.07 Å². The monoisotopic (exact) mass is 363 g/mol. The van der Waals surface area contributed by atoms with Gasteiger partial charge in [-0.1, -0.05) is 60.7 Å². The second-order valence-corrected chi connectivity index (χ2v) is 5.66. The number of carbonyl (C=O) groups excluding carboxylic acids is 2. The van der Waals surface area contributed by atoms with Crippen LogP contribution in [-0.2, 0) is 0 Å². The number of aromatic hydroxyl groups is 2. The van der Waals surface area contributed by atoms with E-state index >= 15 is 0 Å². The van der Waals surface area contributed by atoms with Gasteiger partial charge in [0, 0.05) is 16.7 Å². The highest BCUT2D eigenvalue weighted by molar-refractivity contribution is 6.22.